The summed E-state index contributed by atoms with van der Waals surface area (Å²) in [6.07, 6.45) is -5.79. The lowest BCUT2D eigenvalue weighted by molar-refractivity contribution is -0.385. The van der Waals surface area contributed by atoms with Gasteiger partial charge in [0, 0.05) is 41.1 Å². The fourth-order valence-electron chi connectivity index (χ4n) is 5.41. The zero-order valence-corrected chi connectivity index (χ0v) is 21.8. The predicted molar refractivity (Wildman–Crippen MR) is 142 cm³/mol. The first-order valence-electron chi connectivity index (χ1n) is 12.4. The van der Waals surface area contributed by atoms with Gasteiger partial charge in [-0.15, -0.1) is 0 Å². The van der Waals surface area contributed by atoms with Crippen LogP contribution in [0.4, 0.5) is 43.8 Å². The highest BCUT2D eigenvalue weighted by molar-refractivity contribution is 5.95. The summed E-state index contributed by atoms with van der Waals surface area (Å²) in [5, 5.41) is 16.7. The van der Waals surface area contributed by atoms with E-state index in [4.69, 9.17) is 4.74 Å². The van der Waals surface area contributed by atoms with Crippen LogP contribution in [-0.2, 0) is 10.9 Å². The number of aromatic nitrogens is 1. The smallest absolute Gasteiger partial charge is 0.418 e. The van der Waals surface area contributed by atoms with E-state index in [0.717, 1.165) is 23.6 Å². The maximum Gasteiger partial charge on any atom is 0.418 e. The van der Waals surface area contributed by atoms with E-state index >= 15 is 8.78 Å². The topological polar surface area (TPSA) is 109 Å². The van der Waals surface area contributed by atoms with E-state index in [2.05, 4.69) is 10.3 Å². The van der Waals surface area contributed by atoms with Gasteiger partial charge >= 0.3 is 12.3 Å². The first-order valence-corrected chi connectivity index (χ1v) is 12.4. The number of halogens is 5. The molecule has 0 fully saturated rings. The minimum Gasteiger partial charge on any atom is -0.443 e. The van der Waals surface area contributed by atoms with E-state index in [0.29, 0.717) is 11.6 Å². The summed E-state index contributed by atoms with van der Waals surface area (Å²) >= 11 is 0. The molecule has 1 aliphatic rings. The summed E-state index contributed by atoms with van der Waals surface area (Å²) in [6, 6.07) is 9.81. The number of nitrogens with one attached hydrogen (secondary N) is 3. The van der Waals surface area contributed by atoms with Crippen LogP contribution < -0.4 is 10.6 Å². The van der Waals surface area contributed by atoms with Crippen LogP contribution in [0.15, 0.2) is 54.7 Å². The van der Waals surface area contributed by atoms with Crippen molar-refractivity contribution in [1.82, 2.24) is 4.98 Å². The Morgan fingerprint density at radius 3 is 2.54 bits per heavy atom. The second-order valence-corrected chi connectivity index (χ2v) is 10.3. The molecule has 13 heteroatoms. The third kappa shape index (κ3) is 4.92. The molecule has 3 aromatic carbocycles. The molecule has 1 aromatic heterocycles. The van der Waals surface area contributed by atoms with Crippen LogP contribution in [0, 0.1) is 21.7 Å². The first-order chi connectivity index (χ1) is 19.2. The molecule has 1 amide bonds. The molecule has 0 aliphatic carbocycles. The fraction of sp³-hybridized carbons (Fsp3) is 0.250. The van der Waals surface area contributed by atoms with Crippen LogP contribution in [0.2, 0.25) is 0 Å². The molecule has 2 atom stereocenters. The lowest BCUT2D eigenvalue weighted by Gasteiger charge is -2.44. The Labute approximate surface area is 229 Å². The quantitative estimate of drug-likeness (QED) is 0.130. The van der Waals surface area contributed by atoms with Crippen molar-refractivity contribution in [2.45, 2.75) is 44.5 Å². The third-order valence-electron chi connectivity index (χ3n) is 7.18. The molecule has 0 radical (unpaired) electrons. The van der Waals surface area contributed by atoms with Gasteiger partial charge < -0.3 is 15.0 Å². The highest BCUT2D eigenvalue weighted by Crippen LogP contribution is 2.46. The number of benzene rings is 3. The standard InChI is InChI=1S/C28H23F5N4O4/c1-13-21-20(12-18(29)22(23(21)30)16-6-4-5-14-9-10-34-24(14)16)36-27(2,3)25(13)41-26(38)35-19-8-7-15(37(39)40)11-17(19)28(31,32)33/h4-13,25,34,36H,1-3H3,(H,35,38)/t13-,25?/m0/s1. The third-order valence-corrected chi connectivity index (χ3v) is 7.18. The number of hydrogen-bond acceptors (Lipinski definition) is 5. The van der Waals surface area contributed by atoms with Crippen molar-refractivity contribution in [2.75, 3.05) is 10.6 Å². The lowest BCUT2D eigenvalue weighted by Crippen LogP contribution is -2.52. The molecule has 41 heavy (non-hydrogen) atoms. The van der Waals surface area contributed by atoms with Crippen LogP contribution >= 0.6 is 0 Å². The summed E-state index contributed by atoms with van der Waals surface area (Å²) in [6.45, 7) is 4.79. The average Bonchev–Trinajstić information content (AvgIpc) is 3.35. The normalized spacial score (nSPS) is 18.0. The van der Waals surface area contributed by atoms with E-state index in [1.165, 1.54) is 0 Å². The summed E-state index contributed by atoms with van der Waals surface area (Å²) in [7, 11) is 0. The van der Waals surface area contributed by atoms with Gasteiger partial charge in [0.15, 0.2) is 0 Å². The summed E-state index contributed by atoms with van der Waals surface area (Å²) < 4.78 is 77.8. The molecule has 0 saturated heterocycles. The summed E-state index contributed by atoms with van der Waals surface area (Å²) in [5.74, 6) is -2.55. The number of nitrogens with zero attached hydrogens (tertiary/aromatic N) is 1. The minimum absolute atomic E-state index is 0.0356. The first kappa shape index (κ1) is 27.9. The molecule has 3 N–H and O–H groups in total. The molecule has 0 bridgehead atoms. The monoisotopic (exact) mass is 574 g/mol. The molecule has 0 spiro atoms. The Hall–Kier alpha value is -4.68. The van der Waals surface area contributed by atoms with Crippen molar-refractivity contribution in [3.05, 3.63) is 87.6 Å². The van der Waals surface area contributed by atoms with E-state index < -0.39 is 63.3 Å². The van der Waals surface area contributed by atoms with Gasteiger partial charge in [-0.3, -0.25) is 15.4 Å². The highest BCUT2D eigenvalue weighted by atomic mass is 19.4. The Morgan fingerprint density at radius 1 is 1.12 bits per heavy atom. The Balaban J connectivity index is 1.49. The number of fused-ring (bicyclic) bond motifs is 2. The maximum absolute atomic E-state index is 16.2. The minimum atomic E-state index is -5.02. The van der Waals surface area contributed by atoms with Gasteiger partial charge in [0.2, 0.25) is 0 Å². The lowest BCUT2D eigenvalue weighted by atomic mass is 9.77. The number of hydrogen-bond donors (Lipinski definition) is 3. The van der Waals surface area contributed by atoms with E-state index in [1.54, 1.807) is 51.2 Å². The highest BCUT2D eigenvalue weighted by Gasteiger charge is 2.45. The molecule has 8 nitrogen and oxygen atoms in total. The van der Waals surface area contributed by atoms with Crippen molar-refractivity contribution in [2.24, 2.45) is 0 Å². The zero-order valence-electron chi connectivity index (χ0n) is 21.8. The van der Waals surface area contributed by atoms with Crippen molar-refractivity contribution >= 4 is 34.1 Å². The summed E-state index contributed by atoms with van der Waals surface area (Å²) in [4.78, 5) is 25.8. The van der Waals surface area contributed by atoms with Gasteiger partial charge in [-0.1, -0.05) is 25.1 Å². The van der Waals surface area contributed by atoms with E-state index in [1.807, 2.05) is 5.32 Å². The number of amides is 1. The van der Waals surface area contributed by atoms with Crippen LogP contribution in [0.5, 0.6) is 0 Å². The number of alkyl halides is 3. The predicted octanol–water partition coefficient (Wildman–Crippen LogP) is 7.97. The molecular weight excluding hydrogens is 551 g/mol. The van der Waals surface area contributed by atoms with E-state index in [-0.39, 0.29) is 22.4 Å². The average molecular weight is 575 g/mol. The number of aromatic amines is 1. The number of carbonyl (C=O) groups is 1. The molecule has 214 valence electrons. The van der Waals surface area contributed by atoms with Gasteiger partial charge in [-0.05, 0) is 37.4 Å². The Kier molecular flexibility index (Phi) is 6.63. The second-order valence-electron chi connectivity index (χ2n) is 10.3. The zero-order chi connectivity index (χ0) is 29.9. The molecule has 1 unspecified atom stereocenters. The van der Waals surface area contributed by atoms with Crippen LogP contribution in [0.3, 0.4) is 0 Å². The largest absolute Gasteiger partial charge is 0.443 e. The van der Waals surface area contributed by atoms with Crippen molar-refractivity contribution < 1.29 is 36.4 Å². The van der Waals surface area contributed by atoms with Gasteiger partial charge in [0.1, 0.15) is 17.7 Å². The number of ether oxygens (including phenoxy) is 1. The van der Waals surface area contributed by atoms with Gasteiger partial charge in [-0.2, -0.15) is 13.2 Å². The maximum atomic E-state index is 16.2. The number of carbonyl (C=O) groups excluding carboxylic acids is 1. The number of non-ortho nitro benzene ring substituents is 1. The molecule has 0 saturated carbocycles. The van der Waals surface area contributed by atoms with Crippen molar-refractivity contribution in [3.8, 4) is 11.1 Å². The van der Waals surface area contributed by atoms with Crippen LogP contribution in [0.1, 0.15) is 37.8 Å². The summed E-state index contributed by atoms with van der Waals surface area (Å²) in [5.41, 5.74) is -3.39. The Bertz CT molecular complexity index is 1700. The van der Waals surface area contributed by atoms with Crippen molar-refractivity contribution in [1.29, 1.82) is 0 Å². The van der Waals surface area contributed by atoms with E-state index in [9.17, 15) is 28.1 Å². The number of anilines is 2. The van der Waals surface area contributed by atoms with Gasteiger partial charge in [-0.25, -0.2) is 13.6 Å². The number of nitro groups is 1. The van der Waals surface area contributed by atoms with Gasteiger partial charge in [0.25, 0.3) is 5.69 Å². The second kappa shape index (κ2) is 9.75. The number of para-hydroxylation sites is 1. The SMILES string of the molecule is C[C@H]1c2c(cc(F)c(-c3cccc4cc[nH]c34)c2F)NC(C)(C)C1OC(=O)Nc1ccc([N+](=O)[O-])cc1C(F)(F)F. The number of nitro benzene ring substituents is 1. The van der Waals surface area contributed by atoms with Crippen LogP contribution in [0.25, 0.3) is 22.0 Å². The molecular formula is C28H23F5N4O4. The molecule has 4 aromatic rings. The number of H-pyrrole nitrogens is 1. The van der Waals surface area contributed by atoms with Crippen LogP contribution in [-0.4, -0.2) is 27.6 Å². The molecule has 2 heterocycles. The Morgan fingerprint density at radius 2 is 1.85 bits per heavy atom. The van der Waals surface area contributed by atoms with Crippen molar-refractivity contribution in [3.63, 3.8) is 0 Å². The van der Waals surface area contributed by atoms with Gasteiger partial charge in [0.05, 0.1) is 32.8 Å². The molecule has 1 aliphatic heterocycles. The fourth-order valence-corrected chi connectivity index (χ4v) is 5.41. The number of rotatable bonds is 4. The molecule has 5 rings (SSSR count).